The van der Waals surface area contributed by atoms with E-state index in [-0.39, 0.29) is 24.0 Å². The standard InChI is InChI=1S/C12H19FN2O2/c1-9(2)15(6-7-17-3)12-11(13)10(8-16)4-5-14-12/h4-5,9,16H,6-8H2,1-3H3. The third-order valence-corrected chi connectivity index (χ3v) is 2.55. The molecule has 0 bridgehead atoms. The lowest BCUT2D eigenvalue weighted by Crippen LogP contribution is -2.35. The highest BCUT2D eigenvalue weighted by atomic mass is 19.1. The van der Waals surface area contributed by atoms with E-state index in [2.05, 4.69) is 4.98 Å². The minimum absolute atomic E-state index is 0.112. The van der Waals surface area contributed by atoms with E-state index in [1.807, 2.05) is 18.7 Å². The van der Waals surface area contributed by atoms with Crippen molar-refractivity contribution in [2.45, 2.75) is 26.5 Å². The molecule has 1 aromatic heterocycles. The molecule has 0 aliphatic carbocycles. The summed E-state index contributed by atoms with van der Waals surface area (Å²) in [6.07, 6.45) is 1.51. The number of aliphatic hydroxyl groups is 1. The molecule has 1 N–H and O–H groups in total. The van der Waals surface area contributed by atoms with Crippen molar-refractivity contribution in [2.75, 3.05) is 25.2 Å². The largest absolute Gasteiger partial charge is 0.392 e. The van der Waals surface area contributed by atoms with Gasteiger partial charge in [0.15, 0.2) is 11.6 Å². The molecular formula is C12H19FN2O2. The van der Waals surface area contributed by atoms with Gasteiger partial charge in [-0.25, -0.2) is 9.37 Å². The Bertz CT molecular complexity index is 358. The molecule has 0 fully saturated rings. The van der Waals surface area contributed by atoms with Gasteiger partial charge >= 0.3 is 0 Å². The maximum Gasteiger partial charge on any atom is 0.171 e. The van der Waals surface area contributed by atoms with Gasteiger partial charge in [0.2, 0.25) is 0 Å². The predicted molar refractivity (Wildman–Crippen MR) is 64.5 cm³/mol. The smallest absolute Gasteiger partial charge is 0.171 e. The summed E-state index contributed by atoms with van der Waals surface area (Å²) in [6, 6.07) is 1.59. The Morgan fingerprint density at radius 3 is 2.76 bits per heavy atom. The predicted octanol–water partition coefficient (Wildman–Crippen LogP) is 1.57. The van der Waals surface area contributed by atoms with E-state index >= 15 is 0 Å². The molecule has 0 atom stereocenters. The Balaban J connectivity index is 3.01. The van der Waals surface area contributed by atoms with Crippen LogP contribution < -0.4 is 4.90 Å². The number of nitrogens with zero attached hydrogens (tertiary/aromatic N) is 2. The van der Waals surface area contributed by atoms with Gasteiger partial charge in [-0.3, -0.25) is 0 Å². The summed E-state index contributed by atoms with van der Waals surface area (Å²) < 4.78 is 19.0. The number of aliphatic hydroxyl groups excluding tert-OH is 1. The lowest BCUT2D eigenvalue weighted by Gasteiger charge is -2.28. The molecular weight excluding hydrogens is 223 g/mol. The summed E-state index contributed by atoms with van der Waals surface area (Å²) in [5.41, 5.74) is 0.262. The summed E-state index contributed by atoms with van der Waals surface area (Å²) in [5, 5.41) is 9.03. The highest BCUT2D eigenvalue weighted by molar-refractivity contribution is 5.43. The maximum absolute atomic E-state index is 14.0. The van der Waals surface area contributed by atoms with E-state index in [0.717, 1.165) is 0 Å². The van der Waals surface area contributed by atoms with Crippen molar-refractivity contribution in [1.82, 2.24) is 4.98 Å². The Kier molecular flexibility index (Phi) is 5.31. The fraction of sp³-hybridized carbons (Fsp3) is 0.583. The molecule has 0 aromatic carbocycles. The van der Waals surface area contributed by atoms with E-state index in [0.29, 0.717) is 13.2 Å². The van der Waals surface area contributed by atoms with Crippen LogP contribution in [0.2, 0.25) is 0 Å². The lowest BCUT2D eigenvalue weighted by molar-refractivity contribution is 0.203. The fourth-order valence-electron chi connectivity index (χ4n) is 1.59. The number of pyridine rings is 1. The molecule has 0 saturated heterocycles. The van der Waals surface area contributed by atoms with Crippen LogP contribution in [0.25, 0.3) is 0 Å². The van der Waals surface area contributed by atoms with Crippen molar-refractivity contribution in [1.29, 1.82) is 0 Å². The summed E-state index contributed by atoms with van der Waals surface area (Å²) >= 11 is 0. The van der Waals surface area contributed by atoms with Crippen LogP contribution in [-0.4, -0.2) is 36.4 Å². The molecule has 17 heavy (non-hydrogen) atoms. The van der Waals surface area contributed by atoms with Crippen LogP contribution >= 0.6 is 0 Å². The SMILES string of the molecule is COCCN(c1nccc(CO)c1F)C(C)C. The quantitative estimate of drug-likeness (QED) is 0.822. The van der Waals surface area contributed by atoms with Gasteiger partial charge in [0.05, 0.1) is 13.2 Å². The zero-order valence-corrected chi connectivity index (χ0v) is 10.5. The van der Waals surface area contributed by atoms with Gasteiger partial charge in [-0.1, -0.05) is 0 Å². The average molecular weight is 242 g/mol. The molecule has 0 aliphatic heterocycles. The third kappa shape index (κ3) is 3.38. The minimum atomic E-state index is -0.459. The molecule has 1 rings (SSSR count). The van der Waals surface area contributed by atoms with Gasteiger partial charge in [-0.2, -0.15) is 0 Å². The normalized spacial score (nSPS) is 10.9. The van der Waals surface area contributed by atoms with E-state index < -0.39 is 5.82 Å². The number of methoxy groups -OCH3 is 1. The highest BCUT2D eigenvalue weighted by Gasteiger charge is 2.18. The van der Waals surface area contributed by atoms with Crippen LogP contribution in [0.1, 0.15) is 19.4 Å². The van der Waals surface area contributed by atoms with Gasteiger partial charge in [0, 0.05) is 31.5 Å². The maximum atomic E-state index is 14.0. The first-order chi connectivity index (χ1) is 8.11. The minimum Gasteiger partial charge on any atom is -0.392 e. The number of hydrogen-bond donors (Lipinski definition) is 1. The Labute approximate surface area is 101 Å². The van der Waals surface area contributed by atoms with Crippen molar-refractivity contribution in [2.24, 2.45) is 0 Å². The van der Waals surface area contributed by atoms with E-state index in [9.17, 15) is 4.39 Å². The first-order valence-corrected chi connectivity index (χ1v) is 5.61. The number of halogens is 1. The van der Waals surface area contributed by atoms with E-state index in [1.165, 1.54) is 12.3 Å². The second kappa shape index (κ2) is 6.51. The zero-order valence-electron chi connectivity index (χ0n) is 10.5. The van der Waals surface area contributed by atoms with Crippen LogP contribution in [0.5, 0.6) is 0 Å². The summed E-state index contributed by atoms with van der Waals surface area (Å²) in [4.78, 5) is 5.86. The Morgan fingerprint density at radius 2 is 2.24 bits per heavy atom. The average Bonchev–Trinajstić information content (AvgIpc) is 2.31. The fourth-order valence-corrected chi connectivity index (χ4v) is 1.59. The van der Waals surface area contributed by atoms with Gasteiger partial charge in [0.25, 0.3) is 0 Å². The number of anilines is 1. The Hall–Kier alpha value is -1.20. The van der Waals surface area contributed by atoms with Crippen LogP contribution in [0.4, 0.5) is 10.2 Å². The lowest BCUT2D eigenvalue weighted by atomic mass is 10.2. The number of hydrogen-bond acceptors (Lipinski definition) is 4. The second-order valence-electron chi connectivity index (χ2n) is 4.05. The van der Waals surface area contributed by atoms with Gasteiger partial charge in [0.1, 0.15) is 0 Å². The van der Waals surface area contributed by atoms with E-state index in [4.69, 9.17) is 9.84 Å². The van der Waals surface area contributed by atoms with Crippen molar-refractivity contribution in [3.63, 3.8) is 0 Å². The molecule has 1 aromatic rings. The number of rotatable bonds is 6. The topological polar surface area (TPSA) is 45.6 Å². The van der Waals surface area contributed by atoms with Crippen LogP contribution in [-0.2, 0) is 11.3 Å². The molecule has 0 saturated carbocycles. The van der Waals surface area contributed by atoms with Crippen LogP contribution in [0.15, 0.2) is 12.3 Å². The Morgan fingerprint density at radius 1 is 1.53 bits per heavy atom. The molecule has 5 heteroatoms. The molecule has 4 nitrogen and oxygen atoms in total. The van der Waals surface area contributed by atoms with Gasteiger partial charge < -0.3 is 14.7 Å². The van der Waals surface area contributed by atoms with Crippen LogP contribution in [0.3, 0.4) is 0 Å². The summed E-state index contributed by atoms with van der Waals surface area (Å²) in [7, 11) is 1.60. The molecule has 1 heterocycles. The van der Waals surface area contributed by atoms with Crippen molar-refractivity contribution < 1.29 is 14.2 Å². The monoisotopic (exact) mass is 242 g/mol. The zero-order chi connectivity index (χ0) is 12.8. The molecule has 0 amide bonds. The molecule has 96 valence electrons. The van der Waals surface area contributed by atoms with Crippen molar-refractivity contribution in [3.8, 4) is 0 Å². The molecule has 0 radical (unpaired) electrons. The first-order valence-electron chi connectivity index (χ1n) is 5.61. The molecule has 0 unspecified atom stereocenters. The number of ether oxygens (including phenoxy) is 1. The second-order valence-corrected chi connectivity index (χ2v) is 4.05. The van der Waals surface area contributed by atoms with Crippen molar-refractivity contribution in [3.05, 3.63) is 23.6 Å². The van der Waals surface area contributed by atoms with E-state index in [1.54, 1.807) is 7.11 Å². The first kappa shape index (κ1) is 13.9. The van der Waals surface area contributed by atoms with Crippen LogP contribution in [0, 0.1) is 5.82 Å². The third-order valence-electron chi connectivity index (χ3n) is 2.55. The van der Waals surface area contributed by atoms with Gasteiger partial charge in [-0.15, -0.1) is 0 Å². The van der Waals surface area contributed by atoms with Crippen molar-refractivity contribution >= 4 is 5.82 Å². The molecule has 0 aliphatic rings. The highest BCUT2D eigenvalue weighted by Crippen LogP contribution is 2.21. The number of aromatic nitrogens is 1. The summed E-state index contributed by atoms with van der Waals surface area (Å²) in [6.45, 7) is 4.66. The molecule has 0 spiro atoms. The van der Waals surface area contributed by atoms with Gasteiger partial charge in [-0.05, 0) is 19.9 Å². The summed E-state index contributed by atoms with van der Waals surface area (Å²) in [5.74, 6) is -0.191.